The number of nitrogens with one attached hydrogen (secondary N) is 1. The van der Waals surface area contributed by atoms with Crippen molar-refractivity contribution in [1.82, 2.24) is 13.7 Å². The van der Waals surface area contributed by atoms with E-state index in [1.807, 2.05) is 0 Å². The maximum atomic E-state index is 12.2. The number of carbonyl (C=O) groups excluding carboxylic acids is 1. The molecule has 5 nitrogen and oxygen atoms in total. The highest BCUT2D eigenvalue weighted by atomic mass is 35.5. The fourth-order valence-corrected chi connectivity index (χ4v) is 3.03. The second-order valence-electron chi connectivity index (χ2n) is 3.98. The lowest BCUT2D eigenvalue weighted by atomic mass is 10.2. The molecule has 0 spiro atoms. The Labute approximate surface area is 138 Å². The predicted molar refractivity (Wildman–Crippen MR) is 84.6 cm³/mol. The third-order valence-electron chi connectivity index (χ3n) is 2.63. The van der Waals surface area contributed by atoms with Gasteiger partial charge in [-0.05, 0) is 18.2 Å². The lowest BCUT2D eigenvalue weighted by Gasteiger charge is -2.08. The van der Waals surface area contributed by atoms with Gasteiger partial charge in [0.1, 0.15) is 21.9 Å². The van der Waals surface area contributed by atoms with Crippen molar-refractivity contribution in [3.63, 3.8) is 0 Å². The summed E-state index contributed by atoms with van der Waals surface area (Å²) in [5.41, 5.74) is 1.44. The van der Waals surface area contributed by atoms with Crippen LogP contribution in [0.3, 0.4) is 0 Å². The summed E-state index contributed by atoms with van der Waals surface area (Å²) >= 11 is 18.9. The number of benzene rings is 1. The summed E-state index contributed by atoms with van der Waals surface area (Å²) in [6.45, 7) is 0. The van der Waals surface area contributed by atoms with E-state index in [0.717, 1.165) is 11.7 Å². The van der Waals surface area contributed by atoms with Crippen LogP contribution < -0.4 is 5.32 Å². The highest BCUT2D eigenvalue weighted by Gasteiger charge is 2.17. The van der Waals surface area contributed by atoms with Crippen LogP contribution in [0.2, 0.25) is 15.2 Å². The van der Waals surface area contributed by atoms with Gasteiger partial charge in [-0.25, -0.2) is 4.98 Å². The Kier molecular flexibility index (Phi) is 3.95. The van der Waals surface area contributed by atoms with E-state index >= 15 is 0 Å². The quantitative estimate of drug-likeness (QED) is 0.693. The summed E-state index contributed by atoms with van der Waals surface area (Å²) in [4.78, 5) is 16.1. The van der Waals surface area contributed by atoms with Gasteiger partial charge in [0.2, 0.25) is 0 Å². The van der Waals surface area contributed by atoms with Gasteiger partial charge in [0.15, 0.2) is 0 Å². The molecule has 0 bridgehead atoms. The van der Waals surface area contributed by atoms with Crippen LogP contribution in [0.4, 0.5) is 5.69 Å². The van der Waals surface area contributed by atoms with Crippen LogP contribution in [0, 0.1) is 0 Å². The Balaban J connectivity index is 2.02. The van der Waals surface area contributed by atoms with Gasteiger partial charge < -0.3 is 5.32 Å². The van der Waals surface area contributed by atoms with Gasteiger partial charge in [-0.15, -0.1) is 0 Å². The monoisotopic (exact) mass is 358 g/mol. The van der Waals surface area contributed by atoms with Crippen LogP contribution in [-0.4, -0.2) is 19.6 Å². The zero-order valence-electron chi connectivity index (χ0n) is 10.1. The van der Waals surface area contributed by atoms with Crippen molar-refractivity contribution in [2.45, 2.75) is 0 Å². The molecular weight excluding hydrogens is 355 g/mol. The Morgan fingerprint density at radius 1 is 1.10 bits per heavy atom. The van der Waals surface area contributed by atoms with E-state index in [9.17, 15) is 4.79 Å². The van der Waals surface area contributed by atoms with E-state index in [0.29, 0.717) is 21.7 Å². The molecule has 1 N–H and O–H groups in total. The largest absolute Gasteiger partial charge is 0.317 e. The van der Waals surface area contributed by atoms with Crippen molar-refractivity contribution in [3.8, 4) is 0 Å². The normalized spacial score (nSPS) is 10.8. The minimum atomic E-state index is -0.448. The molecule has 0 aliphatic heterocycles. The van der Waals surface area contributed by atoms with E-state index in [2.05, 4.69) is 19.0 Å². The maximum absolute atomic E-state index is 12.2. The van der Waals surface area contributed by atoms with E-state index < -0.39 is 5.91 Å². The minimum Gasteiger partial charge on any atom is -0.317 e. The fraction of sp³-hybridized carbons (Fsp3) is 0. The van der Waals surface area contributed by atoms with Gasteiger partial charge >= 0.3 is 0 Å². The third kappa shape index (κ3) is 2.80. The zero-order valence-corrected chi connectivity index (χ0v) is 13.2. The molecule has 1 amide bonds. The first kappa shape index (κ1) is 14.5. The van der Waals surface area contributed by atoms with Gasteiger partial charge in [0.05, 0.1) is 27.5 Å². The first-order valence-corrected chi connectivity index (χ1v) is 7.47. The lowest BCUT2D eigenvalue weighted by Crippen LogP contribution is -2.14. The molecule has 0 fully saturated rings. The highest BCUT2D eigenvalue weighted by Crippen LogP contribution is 2.35. The molecule has 0 saturated heterocycles. The summed E-state index contributed by atoms with van der Waals surface area (Å²) in [6.07, 6.45) is 0. The number of carbonyl (C=O) groups is 1. The van der Waals surface area contributed by atoms with Crippen LogP contribution in [0.15, 0.2) is 24.3 Å². The zero-order chi connectivity index (χ0) is 15.0. The van der Waals surface area contributed by atoms with Gasteiger partial charge in [-0.1, -0.05) is 40.9 Å². The average molecular weight is 360 g/mol. The predicted octanol–water partition coefficient (Wildman–Crippen LogP) is 4.30. The third-order valence-corrected chi connectivity index (χ3v) is 3.96. The van der Waals surface area contributed by atoms with E-state index in [4.69, 9.17) is 34.8 Å². The molecular formula is C12H5Cl3N4OS. The Hall–Kier alpha value is -1.47. The maximum Gasteiger partial charge on any atom is 0.274 e. The topological polar surface area (TPSA) is 67.8 Å². The number of amides is 1. The van der Waals surface area contributed by atoms with Crippen LogP contribution in [-0.2, 0) is 0 Å². The summed E-state index contributed by atoms with van der Waals surface area (Å²) in [5, 5.41) is 3.54. The fourth-order valence-electron chi connectivity index (χ4n) is 1.71. The molecule has 0 aliphatic rings. The molecule has 0 saturated carbocycles. The summed E-state index contributed by atoms with van der Waals surface area (Å²) in [6, 6.07) is 6.26. The Bertz CT molecular complexity index is 852. The first-order chi connectivity index (χ1) is 10.1. The van der Waals surface area contributed by atoms with Crippen LogP contribution >= 0.6 is 46.5 Å². The number of fused-ring (bicyclic) bond motifs is 1. The Morgan fingerprint density at radius 2 is 1.86 bits per heavy atom. The van der Waals surface area contributed by atoms with Crippen molar-refractivity contribution in [1.29, 1.82) is 0 Å². The van der Waals surface area contributed by atoms with Gasteiger partial charge in [0, 0.05) is 0 Å². The number of halogens is 3. The molecule has 0 atom stereocenters. The van der Waals surface area contributed by atoms with E-state index in [1.54, 1.807) is 18.2 Å². The van der Waals surface area contributed by atoms with Crippen LogP contribution in [0.5, 0.6) is 0 Å². The number of rotatable bonds is 2. The Morgan fingerprint density at radius 3 is 2.62 bits per heavy atom. The second-order valence-corrected chi connectivity index (χ2v) is 5.71. The number of hydrogen-bond acceptors (Lipinski definition) is 5. The van der Waals surface area contributed by atoms with Crippen molar-refractivity contribution >= 4 is 69.2 Å². The summed E-state index contributed by atoms with van der Waals surface area (Å²) in [7, 11) is 0. The van der Waals surface area contributed by atoms with Gasteiger partial charge in [-0.2, -0.15) is 8.75 Å². The highest BCUT2D eigenvalue weighted by molar-refractivity contribution is 7.00. The number of nitrogens with zero attached hydrogens (tertiary/aromatic N) is 3. The standard InChI is InChI=1S/C12H5Cl3N4OS/c13-5-4-6(14)10-11(19-21-18-10)9(5)17-12(20)7-2-1-3-8(15)16-7/h1-4H,(H,17,20). The van der Waals surface area contributed by atoms with Gasteiger partial charge in [0.25, 0.3) is 5.91 Å². The summed E-state index contributed by atoms with van der Waals surface area (Å²) in [5.74, 6) is -0.448. The van der Waals surface area contributed by atoms with E-state index in [1.165, 1.54) is 6.07 Å². The SMILES string of the molecule is O=C(Nc1c(Cl)cc(Cl)c2nsnc12)c1cccc(Cl)n1. The number of aromatic nitrogens is 3. The number of anilines is 1. The summed E-state index contributed by atoms with van der Waals surface area (Å²) < 4.78 is 8.17. The van der Waals surface area contributed by atoms with E-state index in [-0.39, 0.29) is 15.9 Å². The molecule has 9 heteroatoms. The molecule has 2 aromatic heterocycles. The number of pyridine rings is 1. The molecule has 0 aliphatic carbocycles. The van der Waals surface area contributed by atoms with Crippen LogP contribution in [0.25, 0.3) is 11.0 Å². The molecule has 3 aromatic rings. The molecule has 2 heterocycles. The van der Waals surface area contributed by atoms with Crippen molar-refractivity contribution < 1.29 is 4.79 Å². The molecule has 0 radical (unpaired) electrons. The second kappa shape index (κ2) is 5.73. The average Bonchev–Trinajstić information content (AvgIpc) is 2.93. The van der Waals surface area contributed by atoms with Crippen molar-refractivity contribution in [2.24, 2.45) is 0 Å². The molecule has 3 rings (SSSR count). The minimum absolute atomic E-state index is 0.171. The molecule has 21 heavy (non-hydrogen) atoms. The van der Waals surface area contributed by atoms with Crippen molar-refractivity contribution in [2.75, 3.05) is 5.32 Å². The molecule has 1 aromatic carbocycles. The molecule has 0 unspecified atom stereocenters. The van der Waals surface area contributed by atoms with Crippen LogP contribution in [0.1, 0.15) is 10.5 Å². The van der Waals surface area contributed by atoms with Crippen molar-refractivity contribution in [3.05, 3.63) is 45.2 Å². The smallest absolute Gasteiger partial charge is 0.274 e. The molecule has 106 valence electrons. The number of hydrogen-bond donors (Lipinski definition) is 1. The lowest BCUT2D eigenvalue weighted by molar-refractivity contribution is 0.102. The first-order valence-electron chi connectivity index (χ1n) is 5.60. The van der Waals surface area contributed by atoms with Gasteiger partial charge in [-0.3, -0.25) is 4.79 Å².